The predicted octanol–water partition coefficient (Wildman–Crippen LogP) is 4.17. The van der Waals surface area contributed by atoms with Gasteiger partial charge in [-0.25, -0.2) is 4.79 Å². The van der Waals surface area contributed by atoms with E-state index in [0.29, 0.717) is 22.9 Å². The fourth-order valence-corrected chi connectivity index (χ4v) is 3.74. The Kier molecular flexibility index (Phi) is 7.57. The summed E-state index contributed by atoms with van der Waals surface area (Å²) in [5.74, 6) is 0.0102. The molecule has 30 heavy (non-hydrogen) atoms. The van der Waals surface area contributed by atoms with Crippen molar-refractivity contribution >= 4 is 23.5 Å². The maximum atomic E-state index is 12.7. The number of nitrogens with zero attached hydrogens (tertiary/aromatic N) is 1. The Hall–Kier alpha value is -2.73. The molecule has 0 saturated carbocycles. The summed E-state index contributed by atoms with van der Waals surface area (Å²) in [5.41, 5.74) is 1.60. The van der Waals surface area contributed by atoms with Crippen molar-refractivity contribution in [1.29, 1.82) is 0 Å². The lowest BCUT2D eigenvalue weighted by molar-refractivity contribution is -0.139. The summed E-state index contributed by atoms with van der Waals surface area (Å²) in [6.07, 6.45) is 3.06. The van der Waals surface area contributed by atoms with E-state index in [2.05, 4.69) is 0 Å². The minimum absolute atomic E-state index is 0.00209. The van der Waals surface area contributed by atoms with Crippen LogP contribution < -0.4 is 9.47 Å². The molecule has 1 fully saturated rings. The summed E-state index contributed by atoms with van der Waals surface area (Å²) in [6.45, 7) is 2.89. The number of likely N-dealkylation sites (tertiary alicyclic amines) is 1. The number of benzene rings is 2. The first-order valence-corrected chi connectivity index (χ1v) is 10.5. The van der Waals surface area contributed by atoms with Crippen LogP contribution in [0.5, 0.6) is 11.5 Å². The average Bonchev–Trinajstić information content (AvgIpc) is 2.74. The number of halogens is 1. The van der Waals surface area contributed by atoms with Crippen LogP contribution in [0.3, 0.4) is 0 Å². The molecule has 1 unspecified atom stereocenters. The van der Waals surface area contributed by atoms with Gasteiger partial charge in [-0.3, -0.25) is 4.79 Å². The number of ether oxygens (including phenoxy) is 2. The molecule has 1 aliphatic heterocycles. The number of hydrogen-bond acceptors (Lipinski definition) is 4. The quantitative estimate of drug-likeness (QED) is 0.678. The zero-order valence-electron chi connectivity index (χ0n) is 17.0. The van der Waals surface area contributed by atoms with Gasteiger partial charge in [-0.2, -0.15) is 0 Å². The molecule has 1 N–H and O–H groups in total. The second-order valence-electron chi connectivity index (χ2n) is 7.36. The van der Waals surface area contributed by atoms with Crippen LogP contribution in [0.25, 0.3) is 0 Å². The van der Waals surface area contributed by atoms with Crippen molar-refractivity contribution in [2.45, 2.75) is 38.7 Å². The molecule has 0 aromatic heterocycles. The van der Waals surface area contributed by atoms with E-state index in [1.165, 1.54) is 0 Å². The lowest BCUT2D eigenvalue weighted by Crippen LogP contribution is -2.43. The predicted molar refractivity (Wildman–Crippen MR) is 114 cm³/mol. The third kappa shape index (κ3) is 5.89. The number of rotatable bonds is 8. The molecule has 2 aromatic rings. The Balaban J connectivity index is 1.76. The van der Waals surface area contributed by atoms with E-state index in [1.54, 1.807) is 25.1 Å². The van der Waals surface area contributed by atoms with Crippen molar-refractivity contribution in [3.8, 4) is 11.5 Å². The topological polar surface area (TPSA) is 76.1 Å². The minimum Gasteiger partial charge on any atom is -0.482 e. The largest absolute Gasteiger partial charge is 0.482 e. The Morgan fingerprint density at radius 1 is 1.07 bits per heavy atom. The summed E-state index contributed by atoms with van der Waals surface area (Å²) < 4.78 is 11.4. The van der Waals surface area contributed by atoms with Gasteiger partial charge in [-0.1, -0.05) is 29.8 Å². The van der Waals surface area contributed by atoms with Gasteiger partial charge >= 0.3 is 5.97 Å². The summed E-state index contributed by atoms with van der Waals surface area (Å²) in [7, 11) is 0. The van der Waals surface area contributed by atoms with Gasteiger partial charge in [0.2, 0.25) is 0 Å². The molecule has 0 spiro atoms. The number of aliphatic carboxylic acids is 1. The van der Waals surface area contributed by atoms with Gasteiger partial charge in [-0.05, 0) is 56.0 Å². The molecule has 0 radical (unpaired) electrons. The van der Waals surface area contributed by atoms with E-state index in [1.807, 2.05) is 29.2 Å². The van der Waals surface area contributed by atoms with E-state index >= 15 is 0 Å². The van der Waals surface area contributed by atoms with Crippen LogP contribution in [-0.2, 0) is 16.0 Å². The number of carbonyl (C=O) groups is 2. The molecular weight excluding hydrogens is 406 g/mol. The highest BCUT2D eigenvalue weighted by Crippen LogP contribution is 2.29. The fourth-order valence-electron chi connectivity index (χ4n) is 3.55. The summed E-state index contributed by atoms with van der Waals surface area (Å²) >= 11 is 6.14. The zero-order chi connectivity index (χ0) is 21.5. The summed E-state index contributed by atoms with van der Waals surface area (Å²) in [6, 6.07) is 12.6. The molecule has 1 aliphatic rings. The number of amides is 1. The van der Waals surface area contributed by atoms with E-state index in [4.69, 9.17) is 26.2 Å². The third-order valence-corrected chi connectivity index (χ3v) is 5.28. The first-order valence-electron chi connectivity index (χ1n) is 10.1. The molecule has 1 atom stereocenters. The molecule has 2 aromatic carbocycles. The standard InChI is InChI=1S/C23H26ClNO5/c1-16(23(28)25-11-5-2-6-12-25)30-21-8-4-3-7-17(21)13-18-14-19(24)9-10-20(18)29-15-22(26)27/h3-4,7-10,14,16H,2,5-6,11-13,15H2,1H3,(H,26,27). The number of hydrogen-bond donors (Lipinski definition) is 1. The van der Waals surface area contributed by atoms with E-state index in [9.17, 15) is 9.59 Å². The summed E-state index contributed by atoms with van der Waals surface area (Å²) in [4.78, 5) is 25.5. The molecule has 1 amide bonds. The van der Waals surface area contributed by atoms with Crippen LogP contribution in [0.1, 0.15) is 37.3 Å². The lowest BCUT2D eigenvalue weighted by atomic mass is 10.0. The first-order chi connectivity index (χ1) is 14.4. The Morgan fingerprint density at radius 3 is 2.53 bits per heavy atom. The molecule has 6 nitrogen and oxygen atoms in total. The number of carboxylic acid groups (broad SMARTS) is 1. The molecule has 0 bridgehead atoms. The Bertz CT molecular complexity index is 895. The number of para-hydroxylation sites is 1. The van der Waals surface area contributed by atoms with Crippen molar-refractivity contribution in [2.75, 3.05) is 19.7 Å². The highest BCUT2D eigenvalue weighted by atomic mass is 35.5. The fraction of sp³-hybridized carbons (Fsp3) is 0.391. The lowest BCUT2D eigenvalue weighted by Gasteiger charge is -2.29. The highest BCUT2D eigenvalue weighted by molar-refractivity contribution is 6.30. The van der Waals surface area contributed by atoms with E-state index in [-0.39, 0.29) is 5.91 Å². The Labute approximate surface area is 181 Å². The zero-order valence-corrected chi connectivity index (χ0v) is 17.7. The summed E-state index contributed by atoms with van der Waals surface area (Å²) in [5, 5.41) is 9.43. The normalized spacial score (nSPS) is 14.8. The van der Waals surface area contributed by atoms with Crippen molar-refractivity contribution in [1.82, 2.24) is 4.90 Å². The minimum atomic E-state index is -1.05. The van der Waals surface area contributed by atoms with Crippen molar-refractivity contribution in [2.24, 2.45) is 0 Å². The maximum absolute atomic E-state index is 12.7. The van der Waals surface area contributed by atoms with Crippen LogP contribution in [-0.4, -0.2) is 47.7 Å². The molecule has 3 rings (SSSR count). The Morgan fingerprint density at radius 2 is 1.80 bits per heavy atom. The van der Waals surface area contributed by atoms with Gasteiger partial charge in [0.05, 0.1) is 0 Å². The average molecular weight is 432 g/mol. The maximum Gasteiger partial charge on any atom is 0.341 e. The van der Waals surface area contributed by atoms with Crippen molar-refractivity contribution in [3.63, 3.8) is 0 Å². The smallest absolute Gasteiger partial charge is 0.341 e. The van der Waals surface area contributed by atoms with Crippen molar-refractivity contribution < 1.29 is 24.2 Å². The van der Waals surface area contributed by atoms with Crippen molar-refractivity contribution in [3.05, 3.63) is 58.6 Å². The third-order valence-electron chi connectivity index (χ3n) is 5.05. The highest BCUT2D eigenvalue weighted by Gasteiger charge is 2.24. The number of carbonyl (C=O) groups excluding carboxylic acids is 1. The van der Waals surface area contributed by atoms with Gasteiger partial charge in [0, 0.05) is 30.1 Å². The first kappa shape index (κ1) is 22.0. The van der Waals surface area contributed by atoms with E-state index in [0.717, 1.165) is 43.5 Å². The molecular formula is C23H26ClNO5. The molecule has 7 heteroatoms. The second kappa shape index (κ2) is 10.3. The van der Waals surface area contributed by atoms with Crippen LogP contribution in [0.4, 0.5) is 0 Å². The monoisotopic (exact) mass is 431 g/mol. The number of piperidine rings is 1. The number of carboxylic acids is 1. The SMILES string of the molecule is CC(Oc1ccccc1Cc1cc(Cl)ccc1OCC(=O)O)C(=O)N1CCCCC1. The second-order valence-corrected chi connectivity index (χ2v) is 7.80. The molecule has 1 heterocycles. The van der Waals surface area contributed by atoms with E-state index < -0.39 is 18.7 Å². The molecule has 0 aliphatic carbocycles. The van der Waals surface area contributed by atoms with Crippen LogP contribution in [0.2, 0.25) is 5.02 Å². The van der Waals surface area contributed by atoms with Crippen LogP contribution in [0.15, 0.2) is 42.5 Å². The van der Waals surface area contributed by atoms with Crippen LogP contribution >= 0.6 is 11.6 Å². The van der Waals surface area contributed by atoms with Gasteiger partial charge < -0.3 is 19.5 Å². The van der Waals surface area contributed by atoms with Gasteiger partial charge in [-0.15, -0.1) is 0 Å². The van der Waals surface area contributed by atoms with Gasteiger partial charge in [0.1, 0.15) is 11.5 Å². The molecule has 160 valence electrons. The van der Waals surface area contributed by atoms with Gasteiger partial charge in [0.25, 0.3) is 5.91 Å². The van der Waals surface area contributed by atoms with Crippen LogP contribution in [0, 0.1) is 0 Å². The molecule has 1 saturated heterocycles. The van der Waals surface area contributed by atoms with Gasteiger partial charge in [0.15, 0.2) is 12.7 Å².